The van der Waals surface area contributed by atoms with Gasteiger partial charge in [-0.1, -0.05) is 30.3 Å². The van der Waals surface area contributed by atoms with Gasteiger partial charge in [-0.05, 0) is 24.1 Å². The lowest BCUT2D eigenvalue weighted by Gasteiger charge is -2.26. The molecule has 8 nitrogen and oxygen atoms in total. The standard InChI is InChI=1S/C19H17N7O/c20-18-23-17(12-5-6-13-9-21-26-15(13)8-12)24-19(25-18)22-14-7-11-3-1-2-4-16(11)27-10-14/h1-6,8-9,14H,7,10H2,(H,21,26)(H3,20,22,23,24,25). The number of hydrogen-bond acceptors (Lipinski definition) is 7. The number of rotatable bonds is 3. The van der Waals surface area contributed by atoms with Crippen molar-refractivity contribution in [3.05, 3.63) is 54.2 Å². The van der Waals surface area contributed by atoms with Crippen LogP contribution in [0, 0.1) is 0 Å². The Morgan fingerprint density at radius 3 is 3.00 bits per heavy atom. The third-order valence-electron chi connectivity index (χ3n) is 4.57. The van der Waals surface area contributed by atoms with Crippen molar-refractivity contribution in [3.63, 3.8) is 0 Å². The van der Waals surface area contributed by atoms with E-state index in [0.29, 0.717) is 18.4 Å². The molecular formula is C19H17N7O. The van der Waals surface area contributed by atoms with E-state index in [1.165, 1.54) is 0 Å². The maximum atomic E-state index is 5.92. The van der Waals surface area contributed by atoms with E-state index in [2.05, 4.69) is 36.5 Å². The number of para-hydroxylation sites is 1. The first-order valence-corrected chi connectivity index (χ1v) is 8.67. The second-order valence-electron chi connectivity index (χ2n) is 6.48. The molecule has 1 atom stereocenters. The van der Waals surface area contributed by atoms with Gasteiger partial charge in [0.1, 0.15) is 12.4 Å². The second kappa shape index (κ2) is 6.24. The summed E-state index contributed by atoms with van der Waals surface area (Å²) in [4.78, 5) is 13.0. The first-order valence-electron chi connectivity index (χ1n) is 8.67. The summed E-state index contributed by atoms with van der Waals surface area (Å²) in [6.07, 6.45) is 2.60. The molecule has 2 aromatic carbocycles. The van der Waals surface area contributed by atoms with E-state index >= 15 is 0 Å². The summed E-state index contributed by atoms with van der Waals surface area (Å²) in [5.74, 6) is 2.05. The van der Waals surface area contributed by atoms with Crippen LogP contribution in [0.1, 0.15) is 5.56 Å². The fourth-order valence-corrected chi connectivity index (χ4v) is 3.27. The lowest BCUT2D eigenvalue weighted by Crippen LogP contribution is -2.33. The minimum atomic E-state index is 0.0598. The molecule has 1 unspecified atom stereocenters. The molecule has 4 N–H and O–H groups in total. The summed E-state index contributed by atoms with van der Waals surface area (Å²) in [6, 6.07) is 13.9. The quantitative estimate of drug-likeness (QED) is 0.514. The van der Waals surface area contributed by atoms with Gasteiger partial charge in [0.05, 0.1) is 17.8 Å². The van der Waals surface area contributed by atoms with Gasteiger partial charge in [0.2, 0.25) is 11.9 Å². The molecule has 0 saturated heterocycles. The third kappa shape index (κ3) is 3.01. The molecule has 8 heteroatoms. The van der Waals surface area contributed by atoms with E-state index in [1.807, 2.05) is 36.4 Å². The largest absolute Gasteiger partial charge is 0.491 e. The van der Waals surface area contributed by atoms with Gasteiger partial charge in [-0.3, -0.25) is 5.10 Å². The maximum Gasteiger partial charge on any atom is 0.228 e. The number of nitrogens with two attached hydrogens (primary N) is 1. The summed E-state index contributed by atoms with van der Waals surface area (Å²) in [5, 5.41) is 11.3. The molecule has 1 aliphatic heterocycles. The molecule has 0 spiro atoms. The molecule has 3 heterocycles. The molecule has 0 amide bonds. The molecule has 4 aromatic rings. The highest BCUT2D eigenvalue weighted by Gasteiger charge is 2.20. The Hall–Kier alpha value is -3.68. The molecule has 27 heavy (non-hydrogen) atoms. The Bertz CT molecular complexity index is 1120. The Morgan fingerprint density at radius 2 is 2.04 bits per heavy atom. The number of aromatic amines is 1. The lowest BCUT2D eigenvalue weighted by atomic mass is 10.0. The van der Waals surface area contributed by atoms with Crippen LogP contribution in [-0.4, -0.2) is 37.8 Å². The second-order valence-corrected chi connectivity index (χ2v) is 6.48. The van der Waals surface area contributed by atoms with Gasteiger partial charge < -0.3 is 15.8 Å². The average molecular weight is 359 g/mol. The van der Waals surface area contributed by atoms with E-state index in [4.69, 9.17) is 10.5 Å². The van der Waals surface area contributed by atoms with E-state index in [-0.39, 0.29) is 12.0 Å². The van der Waals surface area contributed by atoms with Gasteiger partial charge in [-0.25, -0.2) is 0 Å². The van der Waals surface area contributed by atoms with Crippen molar-refractivity contribution < 1.29 is 4.74 Å². The summed E-state index contributed by atoms with van der Waals surface area (Å²) in [7, 11) is 0. The minimum Gasteiger partial charge on any atom is -0.491 e. The topological polar surface area (TPSA) is 115 Å². The van der Waals surface area contributed by atoms with Crippen LogP contribution in [0.5, 0.6) is 5.75 Å². The van der Waals surface area contributed by atoms with Gasteiger partial charge >= 0.3 is 0 Å². The van der Waals surface area contributed by atoms with Crippen molar-refractivity contribution in [2.75, 3.05) is 17.7 Å². The monoisotopic (exact) mass is 359 g/mol. The molecule has 0 fully saturated rings. The van der Waals surface area contributed by atoms with Gasteiger partial charge in [0.15, 0.2) is 5.82 Å². The predicted molar refractivity (Wildman–Crippen MR) is 102 cm³/mol. The number of ether oxygens (including phenoxy) is 1. The Kier molecular flexibility index (Phi) is 3.60. The van der Waals surface area contributed by atoms with Crippen molar-refractivity contribution in [1.29, 1.82) is 0 Å². The van der Waals surface area contributed by atoms with Crippen molar-refractivity contribution >= 4 is 22.8 Å². The SMILES string of the molecule is Nc1nc(NC2COc3ccccc3C2)nc(-c2ccc3cn[nH]c3c2)n1. The van der Waals surface area contributed by atoms with E-state index in [9.17, 15) is 0 Å². The Morgan fingerprint density at radius 1 is 1.11 bits per heavy atom. The van der Waals surface area contributed by atoms with Crippen molar-refractivity contribution in [1.82, 2.24) is 25.1 Å². The molecule has 2 aromatic heterocycles. The van der Waals surface area contributed by atoms with Crippen molar-refractivity contribution in [3.8, 4) is 17.1 Å². The average Bonchev–Trinajstić information content (AvgIpc) is 3.15. The van der Waals surface area contributed by atoms with Gasteiger partial charge in [-0.2, -0.15) is 20.1 Å². The third-order valence-corrected chi connectivity index (χ3v) is 4.57. The zero-order chi connectivity index (χ0) is 18.2. The molecule has 0 bridgehead atoms. The molecule has 1 aliphatic rings. The number of aromatic nitrogens is 5. The van der Waals surface area contributed by atoms with Crippen LogP contribution >= 0.6 is 0 Å². The summed E-state index contributed by atoms with van der Waals surface area (Å²) >= 11 is 0. The van der Waals surface area contributed by atoms with Crippen LogP contribution in [0.3, 0.4) is 0 Å². The number of hydrogen-bond donors (Lipinski definition) is 3. The minimum absolute atomic E-state index is 0.0598. The van der Waals surface area contributed by atoms with E-state index < -0.39 is 0 Å². The first kappa shape index (κ1) is 15.6. The summed E-state index contributed by atoms with van der Waals surface area (Å²) in [5.41, 5.74) is 8.83. The molecule has 0 saturated carbocycles. The van der Waals surface area contributed by atoms with Crippen molar-refractivity contribution in [2.24, 2.45) is 0 Å². The summed E-state index contributed by atoms with van der Waals surface area (Å²) < 4.78 is 5.82. The van der Waals surface area contributed by atoms with E-state index in [0.717, 1.165) is 34.2 Å². The fourth-order valence-electron chi connectivity index (χ4n) is 3.27. The number of anilines is 2. The van der Waals surface area contributed by atoms with Gasteiger partial charge in [-0.15, -0.1) is 0 Å². The molecule has 134 valence electrons. The normalized spacial score (nSPS) is 15.9. The maximum absolute atomic E-state index is 5.92. The van der Waals surface area contributed by atoms with E-state index in [1.54, 1.807) is 6.20 Å². The molecule has 5 rings (SSSR count). The molecule has 0 radical (unpaired) electrons. The number of H-pyrrole nitrogens is 1. The zero-order valence-electron chi connectivity index (χ0n) is 14.4. The highest BCUT2D eigenvalue weighted by atomic mass is 16.5. The predicted octanol–water partition coefficient (Wildman–Crippen LogP) is 2.41. The highest BCUT2D eigenvalue weighted by molar-refractivity contribution is 5.82. The van der Waals surface area contributed by atoms with Crippen LogP contribution < -0.4 is 15.8 Å². The Balaban J connectivity index is 1.42. The smallest absolute Gasteiger partial charge is 0.228 e. The van der Waals surface area contributed by atoms with Crippen LogP contribution in [0.15, 0.2) is 48.7 Å². The number of nitrogens with one attached hydrogen (secondary N) is 2. The summed E-state index contributed by atoms with van der Waals surface area (Å²) in [6.45, 7) is 0.540. The molecule has 0 aliphatic carbocycles. The van der Waals surface area contributed by atoms with Gasteiger partial charge in [0.25, 0.3) is 0 Å². The number of nitrogens with zero attached hydrogens (tertiary/aromatic N) is 4. The van der Waals surface area contributed by atoms with Crippen LogP contribution in [0.25, 0.3) is 22.3 Å². The van der Waals surface area contributed by atoms with Crippen LogP contribution in [0.2, 0.25) is 0 Å². The zero-order valence-corrected chi connectivity index (χ0v) is 14.4. The number of fused-ring (bicyclic) bond motifs is 2. The molecular weight excluding hydrogens is 342 g/mol. The highest BCUT2D eigenvalue weighted by Crippen LogP contribution is 2.26. The lowest BCUT2D eigenvalue weighted by molar-refractivity contribution is 0.272. The van der Waals surface area contributed by atoms with Crippen molar-refractivity contribution in [2.45, 2.75) is 12.5 Å². The number of nitrogen functional groups attached to an aromatic ring is 1. The Labute approximate surface area is 154 Å². The fraction of sp³-hybridized carbons (Fsp3) is 0.158. The first-order chi connectivity index (χ1) is 13.2. The van der Waals surface area contributed by atoms with Gasteiger partial charge in [0, 0.05) is 10.9 Å². The number of benzene rings is 2. The van der Waals surface area contributed by atoms with Crippen LogP contribution in [0.4, 0.5) is 11.9 Å². The van der Waals surface area contributed by atoms with Crippen LogP contribution in [-0.2, 0) is 6.42 Å².